The normalized spacial score (nSPS) is 11.5. The number of benzene rings is 2. The van der Waals surface area contributed by atoms with Gasteiger partial charge in [0.15, 0.2) is 0 Å². The van der Waals surface area contributed by atoms with Gasteiger partial charge in [0.25, 0.3) is 5.91 Å². The molecule has 1 heterocycles. The van der Waals surface area contributed by atoms with E-state index in [0.29, 0.717) is 16.4 Å². The fourth-order valence-corrected chi connectivity index (χ4v) is 2.74. The molecule has 3 aromatic rings. The van der Waals surface area contributed by atoms with E-state index in [9.17, 15) is 18.0 Å². The SMILES string of the molecule is Cc1nc(C(=O)NCc2ccc(COCC(F)(F)F)cc2)nn1-c1ccc(Cl)cc1. The summed E-state index contributed by atoms with van der Waals surface area (Å²) < 4.78 is 42.4. The summed E-state index contributed by atoms with van der Waals surface area (Å²) in [5.74, 6) is 0.133. The number of hydrogen-bond donors (Lipinski definition) is 1. The van der Waals surface area contributed by atoms with Crippen molar-refractivity contribution in [3.8, 4) is 5.69 Å². The Morgan fingerprint density at radius 1 is 1.10 bits per heavy atom. The molecule has 0 spiro atoms. The Kier molecular flexibility index (Phi) is 6.73. The van der Waals surface area contributed by atoms with Crippen LogP contribution < -0.4 is 5.32 Å². The average molecular weight is 439 g/mol. The molecule has 10 heteroatoms. The minimum Gasteiger partial charge on any atom is -0.367 e. The number of hydrogen-bond acceptors (Lipinski definition) is 4. The van der Waals surface area contributed by atoms with E-state index in [4.69, 9.17) is 11.6 Å². The summed E-state index contributed by atoms with van der Waals surface area (Å²) >= 11 is 5.89. The lowest BCUT2D eigenvalue weighted by Crippen LogP contribution is -2.24. The van der Waals surface area contributed by atoms with Crippen LogP contribution in [0.5, 0.6) is 0 Å². The zero-order valence-electron chi connectivity index (χ0n) is 15.9. The number of alkyl halides is 3. The summed E-state index contributed by atoms with van der Waals surface area (Å²) in [4.78, 5) is 16.6. The molecule has 0 fully saturated rings. The number of aromatic nitrogens is 3. The second kappa shape index (κ2) is 9.27. The number of ether oxygens (including phenoxy) is 1. The van der Waals surface area contributed by atoms with E-state index in [1.54, 1.807) is 60.1 Å². The van der Waals surface area contributed by atoms with E-state index in [1.165, 1.54) is 0 Å². The lowest BCUT2D eigenvalue weighted by atomic mass is 10.1. The van der Waals surface area contributed by atoms with Gasteiger partial charge in [-0.3, -0.25) is 4.79 Å². The lowest BCUT2D eigenvalue weighted by Gasteiger charge is -2.08. The fourth-order valence-electron chi connectivity index (χ4n) is 2.61. The molecular weight excluding hydrogens is 421 g/mol. The Labute approximate surface area is 175 Å². The van der Waals surface area contributed by atoms with Crippen molar-refractivity contribution in [2.45, 2.75) is 26.3 Å². The third-order valence-corrected chi connectivity index (χ3v) is 4.31. The molecule has 3 rings (SSSR count). The Hall–Kier alpha value is -2.91. The topological polar surface area (TPSA) is 69.0 Å². The Balaban J connectivity index is 1.55. The molecule has 2 aromatic carbocycles. The van der Waals surface area contributed by atoms with Gasteiger partial charge in [0.1, 0.15) is 12.4 Å². The molecular formula is C20H18ClF3N4O2. The van der Waals surface area contributed by atoms with Crippen LogP contribution in [0.1, 0.15) is 27.6 Å². The van der Waals surface area contributed by atoms with Gasteiger partial charge in [0.05, 0.1) is 12.3 Å². The molecule has 1 aromatic heterocycles. The van der Waals surface area contributed by atoms with Crippen molar-refractivity contribution >= 4 is 17.5 Å². The number of aryl methyl sites for hydroxylation is 1. The van der Waals surface area contributed by atoms with Crippen LogP contribution in [0.4, 0.5) is 13.2 Å². The first-order chi connectivity index (χ1) is 14.2. The molecule has 158 valence electrons. The minimum absolute atomic E-state index is 0.0274. The second-order valence-electron chi connectivity index (χ2n) is 6.48. The third kappa shape index (κ3) is 6.04. The van der Waals surface area contributed by atoms with Crippen molar-refractivity contribution in [1.82, 2.24) is 20.1 Å². The van der Waals surface area contributed by atoms with Crippen molar-refractivity contribution in [2.24, 2.45) is 0 Å². The molecule has 0 atom stereocenters. The summed E-state index contributed by atoms with van der Waals surface area (Å²) in [7, 11) is 0. The lowest BCUT2D eigenvalue weighted by molar-refractivity contribution is -0.176. The number of nitrogens with zero attached hydrogens (tertiary/aromatic N) is 3. The van der Waals surface area contributed by atoms with Crippen LogP contribution in [0.25, 0.3) is 5.69 Å². The van der Waals surface area contributed by atoms with Crippen molar-refractivity contribution in [2.75, 3.05) is 6.61 Å². The van der Waals surface area contributed by atoms with Crippen LogP contribution in [0.15, 0.2) is 48.5 Å². The first kappa shape index (κ1) is 21.8. The maximum atomic E-state index is 12.4. The summed E-state index contributed by atoms with van der Waals surface area (Å²) in [6.45, 7) is 0.520. The summed E-state index contributed by atoms with van der Waals surface area (Å²) in [5.41, 5.74) is 2.11. The maximum absolute atomic E-state index is 12.4. The predicted molar refractivity (Wildman–Crippen MR) is 104 cm³/mol. The van der Waals surface area contributed by atoms with Gasteiger partial charge in [-0.25, -0.2) is 9.67 Å². The van der Waals surface area contributed by atoms with E-state index in [1.807, 2.05) is 0 Å². The molecule has 30 heavy (non-hydrogen) atoms. The Bertz CT molecular complexity index is 1000. The zero-order chi connectivity index (χ0) is 21.7. The van der Waals surface area contributed by atoms with Gasteiger partial charge in [0, 0.05) is 11.6 Å². The molecule has 0 aliphatic heterocycles. The molecule has 0 bridgehead atoms. The van der Waals surface area contributed by atoms with E-state index in [-0.39, 0.29) is 19.0 Å². The molecule has 1 amide bonds. The summed E-state index contributed by atoms with van der Waals surface area (Å²) in [6, 6.07) is 13.7. The van der Waals surface area contributed by atoms with E-state index >= 15 is 0 Å². The van der Waals surface area contributed by atoms with Crippen LogP contribution in [0, 0.1) is 6.92 Å². The average Bonchev–Trinajstić information content (AvgIpc) is 3.08. The number of carbonyl (C=O) groups is 1. The van der Waals surface area contributed by atoms with Crippen molar-refractivity contribution in [3.05, 3.63) is 76.3 Å². The molecule has 0 radical (unpaired) electrons. The standard InChI is InChI=1S/C20H18ClF3N4O2/c1-13-26-18(27-28(13)17-8-6-16(21)7-9-17)19(29)25-10-14-2-4-15(5-3-14)11-30-12-20(22,23)24/h2-9H,10-12H2,1H3,(H,25,29). The van der Waals surface area contributed by atoms with Gasteiger partial charge in [-0.15, -0.1) is 5.10 Å². The van der Waals surface area contributed by atoms with Crippen LogP contribution >= 0.6 is 11.6 Å². The maximum Gasteiger partial charge on any atom is 0.411 e. The van der Waals surface area contributed by atoms with Crippen LogP contribution in [0.2, 0.25) is 5.02 Å². The zero-order valence-corrected chi connectivity index (χ0v) is 16.7. The van der Waals surface area contributed by atoms with Gasteiger partial charge >= 0.3 is 6.18 Å². The van der Waals surface area contributed by atoms with Gasteiger partial charge in [-0.1, -0.05) is 35.9 Å². The minimum atomic E-state index is -4.35. The van der Waals surface area contributed by atoms with Gasteiger partial charge in [-0.05, 0) is 42.3 Å². The predicted octanol–water partition coefficient (Wildman–Crippen LogP) is 4.24. The van der Waals surface area contributed by atoms with Crippen molar-refractivity contribution in [3.63, 3.8) is 0 Å². The van der Waals surface area contributed by atoms with Crippen molar-refractivity contribution < 1.29 is 22.7 Å². The third-order valence-electron chi connectivity index (χ3n) is 4.05. The number of rotatable bonds is 7. The van der Waals surface area contributed by atoms with Crippen LogP contribution in [0.3, 0.4) is 0 Å². The van der Waals surface area contributed by atoms with E-state index in [0.717, 1.165) is 11.3 Å². The largest absolute Gasteiger partial charge is 0.411 e. The van der Waals surface area contributed by atoms with Crippen LogP contribution in [-0.2, 0) is 17.9 Å². The van der Waals surface area contributed by atoms with Crippen LogP contribution in [-0.4, -0.2) is 33.5 Å². The molecule has 0 saturated heterocycles. The smallest absolute Gasteiger partial charge is 0.367 e. The van der Waals surface area contributed by atoms with E-state index in [2.05, 4.69) is 20.1 Å². The highest BCUT2D eigenvalue weighted by Crippen LogP contribution is 2.16. The first-order valence-electron chi connectivity index (χ1n) is 8.91. The Morgan fingerprint density at radius 3 is 2.37 bits per heavy atom. The van der Waals surface area contributed by atoms with Gasteiger partial charge in [0.2, 0.25) is 5.82 Å². The monoisotopic (exact) mass is 438 g/mol. The quantitative estimate of drug-likeness (QED) is 0.599. The number of halogens is 4. The van der Waals surface area contributed by atoms with Gasteiger partial charge < -0.3 is 10.1 Å². The summed E-state index contributed by atoms with van der Waals surface area (Å²) in [5, 5.41) is 7.54. The molecule has 0 aliphatic carbocycles. The molecule has 1 N–H and O–H groups in total. The van der Waals surface area contributed by atoms with Crippen molar-refractivity contribution in [1.29, 1.82) is 0 Å². The second-order valence-corrected chi connectivity index (χ2v) is 6.91. The fraction of sp³-hybridized carbons (Fsp3) is 0.250. The van der Waals surface area contributed by atoms with E-state index < -0.39 is 18.7 Å². The number of nitrogens with one attached hydrogen (secondary N) is 1. The highest BCUT2D eigenvalue weighted by atomic mass is 35.5. The number of amides is 1. The number of carbonyl (C=O) groups excluding carboxylic acids is 1. The molecule has 0 saturated carbocycles. The first-order valence-corrected chi connectivity index (χ1v) is 9.29. The van der Waals surface area contributed by atoms with Gasteiger partial charge in [-0.2, -0.15) is 13.2 Å². The highest BCUT2D eigenvalue weighted by molar-refractivity contribution is 6.30. The Morgan fingerprint density at radius 2 is 1.73 bits per heavy atom. The molecule has 6 nitrogen and oxygen atoms in total. The highest BCUT2D eigenvalue weighted by Gasteiger charge is 2.27. The summed E-state index contributed by atoms with van der Waals surface area (Å²) in [6.07, 6.45) is -4.35. The molecule has 0 aliphatic rings. The molecule has 0 unspecified atom stereocenters.